The van der Waals surface area contributed by atoms with E-state index in [1.54, 1.807) is 0 Å². The Labute approximate surface area is 172 Å². The van der Waals surface area contributed by atoms with Crippen molar-refractivity contribution in [1.29, 1.82) is 0 Å². The van der Waals surface area contributed by atoms with Gasteiger partial charge in [0, 0.05) is 13.8 Å². The fourth-order valence-corrected chi connectivity index (χ4v) is 3.16. The summed E-state index contributed by atoms with van der Waals surface area (Å²) in [5.41, 5.74) is -0.252. The molecule has 28 heavy (non-hydrogen) atoms. The molecule has 0 aliphatic carbocycles. The van der Waals surface area contributed by atoms with Gasteiger partial charge in [0.05, 0.1) is 0 Å². The SMILES string of the molecule is CC(=O)N[C@H]1[C@H](NC(N)=S)O[C@H](COC(C)=O)[C@](O)(C(C)=O)[C@@]1(O)C(C)=O.Cl. The second-order valence-electron chi connectivity index (χ2n) is 6.18. The maximum atomic E-state index is 12.4. The van der Waals surface area contributed by atoms with E-state index in [1.165, 1.54) is 0 Å². The lowest BCUT2D eigenvalue weighted by Crippen LogP contribution is -2.84. The van der Waals surface area contributed by atoms with Crippen LogP contribution in [0.1, 0.15) is 27.7 Å². The number of nitrogens with one attached hydrogen (secondary N) is 2. The molecule has 0 aromatic rings. The Hall–Kier alpha value is -1.86. The molecule has 1 rings (SSSR count). The minimum absolute atomic E-state index is 0. The van der Waals surface area contributed by atoms with Crippen molar-refractivity contribution >= 4 is 53.2 Å². The van der Waals surface area contributed by atoms with Crippen molar-refractivity contribution < 1.29 is 38.9 Å². The molecule has 0 unspecified atom stereocenters. The maximum absolute atomic E-state index is 12.4. The Morgan fingerprint density at radius 2 is 1.57 bits per heavy atom. The number of esters is 1. The lowest BCUT2D eigenvalue weighted by Gasteiger charge is -2.54. The van der Waals surface area contributed by atoms with E-state index in [1.807, 2.05) is 0 Å². The van der Waals surface area contributed by atoms with Gasteiger partial charge < -0.3 is 36.1 Å². The molecule has 1 saturated heterocycles. The van der Waals surface area contributed by atoms with Crippen molar-refractivity contribution in [2.45, 2.75) is 57.3 Å². The number of hydrogen-bond acceptors (Lipinski definition) is 9. The van der Waals surface area contributed by atoms with E-state index in [-0.39, 0.29) is 17.5 Å². The normalized spacial score (nSPS) is 31.7. The zero-order valence-electron chi connectivity index (χ0n) is 15.7. The number of thiocarbonyl (C=S) groups is 1. The van der Waals surface area contributed by atoms with Crippen molar-refractivity contribution in [3.63, 3.8) is 0 Å². The predicted octanol–water partition coefficient (Wildman–Crippen LogP) is -2.33. The number of nitrogens with two attached hydrogens (primary N) is 1. The van der Waals surface area contributed by atoms with Gasteiger partial charge in [-0.25, -0.2) is 0 Å². The van der Waals surface area contributed by atoms with Gasteiger partial charge in [0.2, 0.25) is 5.91 Å². The van der Waals surface area contributed by atoms with E-state index in [0.717, 1.165) is 27.7 Å². The lowest BCUT2D eigenvalue weighted by molar-refractivity contribution is -0.273. The third-order valence-corrected chi connectivity index (χ3v) is 4.38. The molecule has 11 nitrogen and oxygen atoms in total. The van der Waals surface area contributed by atoms with E-state index in [0.29, 0.717) is 0 Å². The monoisotopic (exact) mass is 441 g/mol. The van der Waals surface area contributed by atoms with Crippen LogP contribution in [0, 0.1) is 0 Å². The topological polar surface area (TPSA) is 177 Å². The van der Waals surface area contributed by atoms with E-state index in [2.05, 4.69) is 10.6 Å². The molecule has 13 heteroatoms. The molecule has 1 fully saturated rings. The molecule has 6 N–H and O–H groups in total. The average Bonchev–Trinajstić information content (AvgIpc) is 2.51. The van der Waals surface area contributed by atoms with Crippen LogP contribution < -0.4 is 16.4 Å². The van der Waals surface area contributed by atoms with Crippen LogP contribution in [0.25, 0.3) is 0 Å². The van der Waals surface area contributed by atoms with Crippen LogP contribution in [0.3, 0.4) is 0 Å². The molecule has 0 saturated carbocycles. The first kappa shape index (κ1) is 26.1. The molecule has 0 spiro atoms. The van der Waals surface area contributed by atoms with Gasteiger partial charge in [0.25, 0.3) is 0 Å². The summed E-state index contributed by atoms with van der Waals surface area (Å²) in [6.45, 7) is 3.36. The van der Waals surface area contributed by atoms with Crippen LogP contribution in [0.4, 0.5) is 0 Å². The molecule has 0 bridgehead atoms. The minimum atomic E-state index is -2.84. The molecular formula is C15H24ClN3O8S. The van der Waals surface area contributed by atoms with E-state index < -0.39 is 59.6 Å². The minimum Gasteiger partial charge on any atom is -0.463 e. The third kappa shape index (κ3) is 4.75. The summed E-state index contributed by atoms with van der Waals surface area (Å²) in [6, 6.07) is -1.64. The van der Waals surface area contributed by atoms with Crippen molar-refractivity contribution in [2.24, 2.45) is 5.73 Å². The van der Waals surface area contributed by atoms with Gasteiger partial charge in [0.15, 0.2) is 34.1 Å². The second-order valence-corrected chi connectivity index (χ2v) is 6.62. The molecule has 1 heterocycles. The fraction of sp³-hybridized carbons (Fsp3) is 0.667. The number of aliphatic hydroxyl groups is 2. The fourth-order valence-electron chi connectivity index (χ4n) is 3.05. The average molecular weight is 442 g/mol. The molecule has 160 valence electrons. The Bertz CT molecular complexity index is 678. The largest absolute Gasteiger partial charge is 0.463 e. The number of rotatable bonds is 6. The van der Waals surface area contributed by atoms with E-state index in [9.17, 15) is 29.4 Å². The highest BCUT2D eigenvalue weighted by molar-refractivity contribution is 7.80. The summed E-state index contributed by atoms with van der Waals surface area (Å²) >= 11 is 4.73. The van der Waals surface area contributed by atoms with Crippen LogP contribution in [0.2, 0.25) is 0 Å². The smallest absolute Gasteiger partial charge is 0.302 e. The van der Waals surface area contributed by atoms with Gasteiger partial charge in [-0.2, -0.15) is 0 Å². The first-order valence-electron chi connectivity index (χ1n) is 7.87. The molecule has 0 radical (unpaired) electrons. The highest BCUT2D eigenvalue weighted by Gasteiger charge is 2.70. The zero-order chi connectivity index (χ0) is 21.2. The third-order valence-electron chi connectivity index (χ3n) is 4.27. The number of ether oxygens (including phenoxy) is 2. The number of carbonyl (C=O) groups is 4. The summed E-state index contributed by atoms with van der Waals surface area (Å²) in [4.78, 5) is 47.4. The summed E-state index contributed by atoms with van der Waals surface area (Å²) in [5, 5.41) is 26.7. The molecule has 0 aromatic heterocycles. The molecule has 1 aliphatic rings. The van der Waals surface area contributed by atoms with Gasteiger partial charge in [-0.15, -0.1) is 12.4 Å². The van der Waals surface area contributed by atoms with Gasteiger partial charge >= 0.3 is 5.97 Å². The molecule has 1 amide bonds. The standard InChI is InChI=1S/C15H23N3O8S.ClH/c1-6(19)14(23)10(5-25-9(4)22)26-12(18-13(16)27)11(17-8(3)21)15(14,24)7(2)20;/h10-12,23-24H,5H2,1-4H3,(H,17,21)(H3,16,18,27);1H/t10-,11+,12-,14-,15-;/m1./s1. The van der Waals surface area contributed by atoms with Gasteiger partial charge in [-0.3, -0.25) is 19.2 Å². The quantitative estimate of drug-likeness (QED) is 0.220. The highest BCUT2D eigenvalue weighted by atomic mass is 35.5. The van der Waals surface area contributed by atoms with Crippen LogP contribution in [-0.2, 0) is 28.7 Å². The van der Waals surface area contributed by atoms with Crippen molar-refractivity contribution in [1.82, 2.24) is 10.6 Å². The van der Waals surface area contributed by atoms with E-state index in [4.69, 9.17) is 27.4 Å². The number of hydrogen-bond donors (Lipinski definition) is 5. The molecule has 1 aliphatic heterocycles. The second kappa shape index (κ2) is 9.56. The van der Waals surface area contributed by atoms with Crippen LogP contribution >= 0.6 is 24.6 Å². The first-order chi connectivity index (χ1) is 12.3. The highest BCUT2D eigenvalue weighted by Crippen LogP contribution is 2.39. The Balaban J connectivity index is 0.00000729. The molecule has 0 aromatic carbocycles. The summed E-state index contributed by atoms with van der Waals surface area (Å²) in [5.74, 6) is -3.52. The zero-order valence-corrected chi connectivity index (χ0v) is 17.3. The van der Waals surface area contributed by atoms with Gasteiger partial charge in [-0.1, -0.05) is 0 Å². The Kier molecular flexibility index (Phi) is 8.93. The predicted molar refractivity (Wildman–Crippen MR) is 101 cm³/mol. The first-order valence-corrected chi connectivity index (χ1v) is 8.28. The molecule has 5 atom stereocenters. The Morgan fingerprint density at radius 3 is 1.93 bits per heavy atom. The van der Waals surface area contributed by atoms with Gasteiger partial charge in [-0.05, 0) is 26.1 Å². The molecular weight excluding hydrogens is 418 g/mol. The summed E-state index contributed by atoms with van der Waals surface area (Å²) in [7, 11) is 0. The Morgan fingerprint density at radius 1 is 1.07 bits per heavy atom. The van der Waals surface area contributed by atoms with Crippen molar-refractivity contribution in [2.75, 3.05) is 6.61 Å². The van der Waals surface area contributed by atoms with Crippen LogP contribution in [-0.4, -0.2) is 75.0 Å². The number of ketones is 2. The number of halogens is 1. The van der Waals surface area contributed by atoms with Crippen molar-refractivity contribution in [3.8, 4) is 0 Å². The number of Topliss-reactive ketones (excluding diaryl/α,β-unsaturated/α-hetero) is 2. The van der Waals surface area contributed by atoms with Crippen LogP contribution in [0.5, 0.6) is 0 Å². The summed E-state index contributed by atoms with van der Waals surface area (Å²) in [6.07, 6.45) is -3.08. The number of amides is 1. The number of carbonyl (C=O) groups excluding carboxylic acids is 4. The van der Waals surface area contributed by atoms with Crippen molar-refractivity contribution in [3.05, 3.63) is 0 Å². The maximum Gasteiger partial charge on any atom is 0.302 e. The van der Waals surface area contributed by atoms with E-state index >= 15 is 0 Å². The van der Waals surface area contributed by atoms with Crippen LogP contribution in [0.15, 0.2) is 0 Å². The van der Waals surface area contributed by atoms with Gasteiger partial charge in [0.1, 0.15) is 18.8 Å². The lowest BCUT2D eigenvalue weighted by atomic mass is 9.67. The summed E-state index contributed by atoms with van der Waals surface area (Å²) < 4.78 is 10.3.